The van der Waals surface area contributed by atoms with E-state index in [1.54, 1.807) is 0 Å². The fraction of sp³-hybridized carbons (Fsp3) is 0.533. The number of rotatable bonds is 3. The molecule has 0 unspecified atom stereocenters. The molecule has 4 heteroatoms. The maximum Gasteiger partial charge on any atom is 0.319 e. The van der Waals surface area contributed by atoms with Crippen molar-refractivity contribution in [2.45, 2.75) is 46.6 Å². The smallest absolute Gasteiger partial charge is 0.319 e. The first-order valence-corrected chi connectivity index (χ1v) is 7.21. The molecule has 2 amide bonds. The normalized spacial score (nSPS) is 12.1. The third kappa shape index (κ3) is 6.62. The van der Waals surface area contributed by atoms with Crippen LogP contribution in [0.2, 0.25) is 0 Å². The Kier molecular flexibility index (Phi) is 5.02. The molecule has 2 N–H and O–H groups in total. The number of urea groups is 1. The van der Waals surface area contributed by atoms with Crippen molar-refractivity contribution < 1.29 is 4.79 Å². The molecule has 0 aliphatic rings. The van der Waals surface area contributed by atoms with E-state index in [1.165, 1.54) is 0 Å². The summed E-state index contributed by atoms with van der Waals surface area (Å²) in [6.07, 6.45) is 0.910. The average Bonchev–Trinajstić information content (AvgIpc) is 2.16. The Morgan fingerprint density at radius 2 is 1.63 bits per heavy atom. The molecule has 1 aromatic carbocycles. The van der Waals surface area contributed by atoms with Crippen LogP contribution in [0.3, 0.4) is 0 Å². The topological polar surface area (TPSA) is 41.1 Å². The molecule has 0 aliphatic carbocycles. The molecule has 0 aliphatic heterocycles. The van der Waals surface area contributed by atoms with Crippen molar-refractivity contribution in [1.82, 2.24) is 5.32 Å². The molecule has 1 aromatic rings. The van der Waals surface area contributed by atoms with Gasteiger partial charge in [-0.1, -0.05) is 36.7 Å². The first-order valence-electron chi connectivity index (χ1n) is 6.42. The third-order valence-corrected chi connectivity index (χ3v) is 3.05. The summed E-state index contributed by atoms with van der Waals surface area (Å²) in [5.74, 6) is 0. The third-order valence-electron chi connectivity index (χ3n) is 2.53. The van der Waals surface area contributed by atoms with Gasteiger partial charge in [0.25, 0.3) is 0 Å². The Labute approximate surface area is 124 Å². The van der Waals surface area contributed by atoms with E-state index in [1.807, 2.05) is 38.1 Å². The van der Waals surface area contributed by atoms with Crippen molar-refractivity contribution in [1.29, 1.82) is 0 Å². The lowest BCUT2D eigenvalue weighted by Crippen LogP contribution is -2.47. The predicted molar refractivity (Wildman–Crippen MR) is 84.4 cm³/mol. The highest BCUT2D eigenvalue weighted by Crippen LogP contribution is 2.26. The summed E-state index contributed by atoms with van der Waals surface area (Å²) in [7, 11) is 0. The first-order chi connectivity index (χ1) is 8.57. The largest absolute Gasteiger partial charge is 0.333 e. The molecule has 19 heavy (non-hydrogen) atoms. The van der Waals surface area contributed by atoms with Crippen LogP contribution in [0.25, 0.3) is 0 Å². The van der Waals surface area contributed by atoms with Crippen molar-refractivity contribution >= 4 is 27.6 Å². The lowest BCUT2D eigenvalue weighted by molar-refractivity contribution is 0.220. The molecule has 1 rings (SSSR count). The fourth-order valence-electron chi connectivity index (χ4n) is 2.37. The number of hydrogen-bond donors (Lipinski definition) is 2. The molecule has 0 aromatic heterocycles. The number of anilines is 1. The highest BCUT2D eigenvalue weighted by molar-refractivity contribution is 9.10. The number of benzene rings is 1. The zero-order valence-corrected chi connectivity index (χ0v) is 13.9. The first kappa shape index (κ1) is 16.0. The Morgan fingerprint density at radius 1 is 1.11 bits per heavy atom. The lowest BCUT2D eigenvalue weighted by Gasteiger charge is -2.33. The molecule has 0 spiro atoms. The molecule has 0 radical (unpaired) electrons. The van der Waals surface area contributed by atoms with Gasteiger partial charge in [0.15, 0.2) is 0 Å². The summed E-state index contributed by atoms with van der Waals surface area (Å²) in [5, 5.41) is 5.85. The molecule has 0 saturated carbocycles. The summed E-state index contributed by atoms with van der Waals surface area (Å²) < 4.78 is 0.992. The van der Waals surface area contributed by atoms with Gasteiger partial charge in [0.1, 0.15) is 0 Å². The monoisotopic (exact) mass is 326 g/mol. The van der Waals surface area contributed by atoms with Crippen molar-refractivity contribution in [3.8, 4) is 0 Å². The van der Waals surface area contributed by atoms with Crippen LogP contribution in [-0.4, -0.2) is 11.6 Å². The molecule has 0 atom stereocenters. The number of halogens is 1. The van der Waals surface area contributed by atoms with E-state index in [2.05, 4.69) is 47.3 Å². The van der Waals surface area contributed by atoms with E-state index in [-0.39, 0.29) is 17.0 Å². The quantitative estimate of drug-likeness (QED) is 0.824. The van der Waals surface area contributed by atoms with Crippen LogP contribution >= 0.6 is 15.9 Å². The number of carbonyl (C=O) groups is 1. The minimum atomic E-state index is -0.238. The van der Waals surface area contributed by atoms with E-state index in [4.69, 9.17) is 0 Å². The molecule has 0 bridgehead atoms. The predicted octanol–water partition coefficient (Wildman–Crippen LogP) is 4.79. The molecule has 0 fully saturated rings. The molecular formula is C15H23BrN2O. The van der Waals surface area contributed by atoms with Crippen LogP contribution in [-0.2, 0) is 0 Å². The lowest BCUT2D eigenvalue weighted by atomic mass is 9.82. The Morgan fingerprint density at radius 3 is 2.11 bits per heavy atom. The van der Waals surface area contributed by atoms with E-state index >= 15 is 0 Å². The second-order valence-electron chi connectivity index (χ2n) is 6.71. The fourth-order valence-corrected chi connectivity index (χ4v) is 2.64. The van der Waals surface area contributed by atoms with Crippen LogP contribution in [0.4, 0.5) is 10.5 Å². The summed E-state index contributed by atoms with van der Waals surface area (Å²) in [5.41, 5.74) is 0.721. The molecular weight excluding hydrogens is 304 g/mol. The Balaban J connectivity index is 2.57. The summed E-state index contributed by atoms with van der Waals surface area (Å²) in [4.78, 5) is 12.0. The maximum atomic E-state index is 12.0. The molecule has 0 saturated heterocycles. The van der Waals surface area contributed by atoms with Gasteiger partial charge in [-0.05, 0) is 49.9 Å². The minimum Gasteiger partial charge on any atom is -0.333 e. The van der Waals surface area contributed by atoms with Crippen molar-refractivity contribution in [2.24, 2.45) is 5.41 Å². The van der Waals surface area contributed by atoms with Crippen molar-refractivity contribution in [3.63, 3.8) is 0 Å². The zero-order valence-electron chi connectivity index (χ0n) is 12.3. The second kappa shape index (κ2) is 5.95. The van der Waals surface area contributed by atoms with Crippen LogP contribution in [0.15, 0.2) is 28.7 Å². The van der Waals surface area contributed by atoms with Gasteiger partial charge in [-0.2, -0.15) is 0 Å². The average molecular weight is 327 g/mol. The molecule has 3 nitrogen and oxygen atoms in total. The van der Waals surface area contributed by atoms with Crippen LogP contribution in [0.1, 0.15) is 41.0 Å². The number of carbonyl (C=O) groups excluding carboxylic acids is 1. The Bertz CT molecular complexity index is 432. The molecule has 106 valence electrons. The van der Waals surface area contributed by atoms with Crippen LogP contribution < -0.4 is 10.6 Å². The number of nitrogens with one attached hydrogen (secondary N) is 2. The van der Waals surface area contributed by atoms with E-state index in [9.17, 15) is 4.79 Å². The number of amides is 2. The van der Waals surface area contributed by atoms with Gasteiger partial charge in [-0.3, -0.25) is 0 Å². The van der Waals surface area contributed by atoms with Gasteiger partial charge in [-0.25, -0.2) is 4.79 Å². The maximum absolute atomic E-state index is 12.0. The van der Waals surface area contributed by atoms with Crippen LogP contribution in [0, 0.1) is 5.41 Å². The van der Waals surface area contributed by atoms with Gasteiger partial charge in [0.2, 0.25) is 0 Å². The minimum absolute atomic E-state index is 0.170. The number of hydrogen-bond acceptors (Lipinski definition) is 1. The standard InChI is InChI=1S/C15H23BrN2O/c1-14(2,3)10-15(4,5)18-13(19)17-12-8-6-11(16)7-9-12/h6-9H,10H2,1-5H3,(H2,17,18,19). The van der Waals surface area contributed by atoms with Gasteiger partial charge in [-0.15, -0.1) is 0 Å². The highest BCUT2D eigenvalue weighted by atomic mass is 79.9. The van der Waals surface area contributed by atoms with E-state index in [0.717, 1.165) is 16.6 Å². The SMILES string of the molecule is CC(C)(C)CC(C)(C)NC(=O)Nc1ccc(Br)cc1. The highest BCUT2D eigenvalue weighted by Gasteiger charge is 2.26. The van der Waals surface area contributed by atoms with Gasteiger partial charge >= 0.3 is 6.03 Å². The van der Waals surface area contributed by atoms with Gasteiger partial charge in [0, 0.05) is 15.7 Å². The summed E-state index contributed by atoms with van der Waals surface area (Å²) in [6, 6.07) is 7.35. The van der Waals surface area contributed by atoms with Gasteiger partial charge in [0.05, 0.1) is 0 Å². The second-order valence-corrected chi connectivity index (χ2v) is 7.62. The molecule has 0 heterocycles. The summed E-state index contributed by atoms with van der Waals surface area (Å²) in [6.45, 7) is 10.6. The van der Waals surface area contributed by atoms with Crippen molar-refractivity contribution in [3.05, 3.63) is 28.7 Å². The van der Waals surface area contributed by atoms with Gasteiger partial charge < -0.3 is 10.6 Å². The van der Waals surface area contributed by atoms with E-state index < -0.39 is 0 Å². The zero-order chi connectivity index (χ0) is 14.7. The summed E-state index contributed by atoms with van der Waals surface area (Å²) >= 11 is 3.37. The van der Waals surface area contributed by atoms with E-state index in [0.29, 0.717) is 0 Å². The Hall–Kier alpha value is -1.03. The van der Waals surface area contributed by atoms with Crippen LogP contribution in [0.5, 0.6) is 0 Å². The van der Waals surface area contributed by atoms with Crippen molar-refractivity contribution in [2.75, 3.05) is 5.32 Å².